The lowest BCUT2D eigenvalue weighted by molar-refractivity contribution is -0.140. The minimum atomic E-state index is -1.31. The second kappa shape index (κ2) is 9.68. The largest absolute Gasteiger partial charge is 0.477 e. The van der Waals surface area contributed by atoms with Crippen molar-refractivity contribution in [3.05, 3.63) is 11.1 Å². The van der Waals surface area contributed by atoms with Crippen LogP contribution in [-0.4, -0.2) is 22.2 Å². The molecule has 0 atom stereocenters. The molecule has 4 heteroatoms. The van der Waals surface area contributed by atoms with E-state index in [1.54, 1.807) is 0 Å². The zero-order chi connectivity index (χ0) is 14.0. The summed E-state index contributed by atoms with van der Waals surface area (Å²) in [5, 5.41) is 18.0. The van der Waals surface area contributed by atoms with Crippen LogP contribution in [0.4, 0.5) is 0 Å². The third-order valence-corrected chi connectivity index (χ3v) is 2.95. The molecule has 0 aliphatic carbocycles. The highest BCUT2D eigenvalue weighted by Gasteiger charge is 2.21. The maximum Gasteiger partial charge on any atom is 0.343 e. The molecule has 104 valence electrons. The highest BCUT2D eigenvalue weighted by Crippen LogP contribution is 2.21. The van der Waals surface area contributed by atoms with E-state index in [9.17, 15) is 9.59 Å². The average Bonchev–Trinajstić information content (AvgIpc) is 2.28. The van der Waals surface area contributed by atoms with Gasteiger partial charge in [-0.25, -0.2) is 9.59 Å². The molecule has 0 aliphatic heterocycles. The van der Waals surface area contributed by atoms with E-state index in [0.29, 0.717) is 18.4 Å². The number of hydrogen-bond donors (Lipinski definition) is 2. The predicted octanol–water partition coefficient (Wildman–Crippen LogP) is 3.61. The summed E-state index contributed by atoms with van der Waals surface area (Å²) in [6.07, 6.45) is 6.99. The molecular weight excluding hydrogens is 232 g/mol. The third kappa shape index (κ3) is 6.42. The number of carboxylic acids is 2. The quantitative estimate of drug-likeness (QED) is 0.271. The molecule has 2 N–H and O–H groups in total. The molecule has 0 aromatic heterocycles. The van der Waals surface area contributed by atoms with Gasteiger partial charge in [-0.1, -0.05) is 39.5 Å². The second-order valence-corrected chi connectivity index (χ2v) is 4.50. The number of hydrogen-bond acceptors (Lipinski definition) is 2. The first-order chi connectivity index (χ1) is 8.54. The van der Waals surface area contributed by atoms with Gasteiger partial charge >= 0.3 is 11.9 Å². The standard InChI is InChI=1S/C14H24O4/c1-3-5-7-9-11(10-8-6-4-2)12(13(15)16)14(17)18/h3-10H2,1-2H3,(H,15,16)(H,17,18). The SMILES string of the molecule is CCCCCC(CCCCC)=C(C(=O)O)C(=O)O. The zero-order valence-electron chi connectivity index (χ0n) is 11.4. The fraction of sp³-hybridized carbons (Fsp3) is 0.714. The molecule has 0 bridgehead atoms. The van der Waals surface area contributed by atoms with Crippen molar-refractivity contribution in [2.45, 2.75) is 65.2 Å². The molecule has 0 amide bonds. The fourth-order valence-electron chi connectivity index (χ4n) is 1.95. The van der Waals surface area contributed by atoms with Crippen LogP contribution in [0, 0.1) is 0 Å². The van der Waals surface area contributed by atoms with E-state index in [1.165, 1.54) is 0 Å². The van der Waals surface area contributed by atoms with Crippen molar-refractivity contribution in [3.63, 3.8) is 0 Å². The van der Waals surface area contributed by atoms with E-state index in [4.69, 9.17) is 10.2 Å². The Morgan fingerprint density at radius 1 is 0.778 bits per heavy atom. The Balaban J connectivity index is 4.82. The number of carbonyl (C=O) groups is 2. The third-order valence-electron chi connectivity index (χ3n) is 2.95. The first-order valence-corrected chi connectivity index (χ1v) is 6.73. The molecule has 0 radical (unpaired) electrons. The van der Waals surface area contributed by atoms with E-state index < -0.39 is 17.5 Å². The van der Waals surface area contributed by atoms with Gasteiger partial charge in [-0.2, -0.15) is 0 Å². The van der Waals surface area contributed by atoms with Crippen molar-refractivity contribution >= 4 is 11.9 Å². The molecule has 0 unspecified atom stereocenters. The Hall–Kier alpha value is -1.32. The van der Waals surface area contributed by atoms with Crippen LogP contribution in [0.2, 0.25) is 0 Å². The lowest BCUT2D eigenvalue weighted by atomic mass is 9.96. The van der Waals surface area contributed by atoms with E-state index >= 15 is 0 Å². The summed E-state index contributed by atoms with van der Waals surface area (Å²) in [6, 6.07) is 0. The molecule has 0 fully saturated rings. The summed E-state index contributed by atoms with van der Waals surface area (Å²) in [6.45, 7) is 4.13. The van der Waals surface area contributed by atoms with Crippen molar-refractivity contribution in [3.8, 4) is 0 Å². The van der Waals surface area contributed by atoms with Crippen molar-refractivity contribution in [1.82, 2.24) is 0 Å². The van der Waals surface area contributed by atoms with E-state index in [1.807, 2.05) is 0 Å². The normalized spacial score (nSPS) is 10.1. The van der Waals surface area contributed by atoms with Crippen LogP contribution in [0.5, 0.6) is 0 Å². The zero-order valence-corrected chi connectivity index (χ0v) is 11.4. The Kier molecular flexibility index (Phi) is 8.97. The molecule has 18 heavy (non-hydrogen) atoms. The number of carboxylic acid groups (broad SMARTS) is 2. The Morgan fingerprint density at radius 3 is 1.44 bits per heavy atom. The van der Waals surface area contributed by atoms with Crippen molar-refractivity contribution in [2.24, 2.45) is 0 Å². The number of unbranched alkanes of at least 4 members (excludes halogenated alkanes) is 4. The highest BCUT2D eigenvalue weighted by molar-refractivity contribution is 6.13. The van der Waals surface area contributed by atoms with Gasteiger partial charge in [-0.05, 0) is 31.3 Å². The maximum absolute atomic E-state index is 11.0. The monoisotopic (exact) mass is 256 g/mol. The topological polar surface area (TPSA) is 74.6 Å². The first kappa shape index (κ1) is 16.7. The average molecular weight is 256 g/mol. The van der Waals surface area contributed by atoms with Gasteiger partial charge in [0, 0.05) is 0 Å². The Bertz CT molecular complexity index is 277. The van der Waals surface area contributed by atoms with Crippen LogP contribution < -0.4 is 0 Å². The van der Waals surface area contributed by atoms with Gasteiger partial charge in [-0.3, -0.25) is 0 Å². The van der Waals surface area contributed by atoms with Crippen LogP contribution >= 0.6 is 0 Å². The van der Waals surface area contributed by atoms with Crippen molar-refractivity contribution in [1.29, 1.82) is 0 Å². The van der Waals surface area contributed by atoms with Crippen molar-refractivity contribution < 1.29 is 19.8 Å². The molecular formula is C14H24O4. The first-order valence-electron chi connectivity index (χ1n) is 6.73. The summed E-state index contributed by atoms with van der Waals surface area (Å²) in [7, 11) is 0. The number of rotatable bonds is 10. The van der Waals surface area contributed by atoms with Crippen LogP contribution in [0.3, 0.4) is 0 Å². The molecule has 0 saturated carbocycles. The van der Waals surface area contributed by atoms with Crippen molar-refractivity contribution in [2.75, 3.05) is 0 Å². The maximum atomic E-state index is 11.0. The lowest BCUT2D eigenvalue weighted by Gasteiger charge is -2.09. The van der Waals surface area contributed by atoms with E-state index in [-0.39, 0.29) is 0 Å². The van der Waals surface area contributed by atoms with Crippen LogP contribution in [-0.2, 0) is 9.59 Å². The molecule has 0 aromatic carbocycles. The molecule has 0 heterocycles. The molecule has 0 aromatic rings. The summed E-state index contributed by atoms with van der Waals surface area (Å²) in [4.78, 5) is 22.0. The van der Waals surface area contributed by atoms with Gasteiger partial charge in [0.15, 0.2) is 0 Å². The van der Waals surface area contributed by atoms with Gasteiger partial charge in [0.25, 0.3) is 0 Å². The number of aliphatic carboxylic acids is 2. The lowest BCUT2D eigenvalue weighted by Crippen LogP contribution is -2.14. The molecule has 0 aliphatic rings. The fourth-order valence-corrected chi connectivity index (χ4v) is 1.95. The smallest absolute Gasteiger partial charge is 0.343 e. The van der Waals surface area contributed by atoms with E-state index in [2.05, 4.69) is 13.8 Å². The van der Waals surface area contributed by atoms with Gasteiger partial charge in [0.1, 0.15) is 5.57 Å². The summed E-state index contributed by atoms with van der Waals surface area (Å²) >= 11 is 0. The Labute approximate surface area is 109 Å². The Morgan fingerprint density at radius 2 is 1.17 bits per heavy atom. The van der Waals surface area contributed by atoms with Crippen LogP contribution in [0.25, 0.3) is 0 Å². The highest BCUT2D eigenvalue weighted by atomic mass is 16.4. The summed E-state index contributed by atoms with van der Waals surface area (Å²) in [5.74, 6) is -2.63. The van der Waals surface area contributed by atoms with Gasteiger partial charge in [0.05, 0.1) is 0 Å². The van der Waals surface area contributed by atoms with Crippen LogP contribution in [0.1, 0.15) is 65.2 Å². The molecule has 4 nitrogen and oxygen atoms in total. The van der Waals surface area contributed by atoms with Crippen LogP contribution in [0.15, 0.2) is 11.1 Å². The predicted molar refractivity (Wildman–Crippen MR) is 70.6 cm³/mol. The van der Waals surface area contributed by atoms with Gasteiger partial charge < -0.3 is 10.2 Å². The minimum Gasteiger partial charge on any atom is -0.477 e. The van der Waals surface area contributed by atoms with Gasteiger partial charge in [-0.15, -0.1) is 0 Å². The molecule has 0 spiro atoms. The second-order valence-electron chi connectivity index (χ2n) is 4.50. The number of allylic oxidation sites excluding steroid dienone is 1. The minimum absolute atomic E-state index is 0.415. The van der Waals surface area contributed by atoms with E-state index in [0.717, 1.165) is 38.5 Å². The molecule has 0 rings (SSSR count). The van der Waals surface area contributed by atoms with Gasteiger partial charge in [0.2, 0.25) is 0 Å². The summed E-state index contributed by atoms with van der Waals surface area (Å²) < 4.78 is 0. The summed E-state index contributed by atoms with van der Waals surface area (Å²) in [5.41, 5.74) is 0.180. The molecule has 0 saturated heterocycles.